The van der Waals surface area contributed by atoms with Crippen molar-refractivity contribution >= 4 is 16.7 Å². The number of hydrogen-bond acceptors (Lipinski definition) is 2. The van der Waals surface area contributed by atoms with E-state index in [4.69, 9.17) is 0 Å². The second-order valence-electron chi connectivity index (χ2n) is 4.61. The van der Waals surface area contributed by atoms with Crippen LogP contribution in [0.2, 0.25) is 0 Å². The van der Waals surface area contributed by atoms with Crippen LogP contribution in [0, 0.1) is 11.7 Å². The largest absolute Gasteiger partial charge is 0.355 e. The molecular formula is C13H16FNO2S. The number of hydrogen-bond donors (Lipinski definition) is 1. The van der Waals surface area contributed by atoms with Gasteiger partial charge in [-0.25, -0.2) is 4.39 Å². The number of carbonyl (C=O) groups excluding carboxylic acids is 1. The molecule has 1 unspecified atom stereocenters. The van der Waals surface area contributed by atoms with E-state index < -0.39 is 10.8 Å². The van der Waals surface area contributed by atoms with Crippen LogP contribution in [0.3, 0.4) is 0 Å². The van der Waals surface area contributed by atoms with Gasteiger partial charge in [-0.3, -0.25) is 9.00 Å². The number of rotatable bonds is 6. The molecule has 0 bridgehead atoms. The molecule has 0 heterocycles. The number of benzene rings is 1. The summed E-state index contributed by atoms with van der Waals surface area (Å²) >= 11 is 0. The molecule has 1 N–H and O–H groups in total. The Morgan fingerprint density at radius 1 is 1.44 bits per heavy atom. The summed E-state index contributed by atoms with van der Waals surface area (Å²) in [6.45, 7) is 0.690. The van der Waals surface area contributed by atoms with Gasteiger partial charge < -0.3 is 5.32 Å². The molecule has 1 aromatic carbocycles. The first-order chi connectivity index (χ1) is 8.63. The van der Waals surface area contributed by atoms with Gasteiger partial charge in [-0.05, 0) is 36.5 Å². The number of nitrogens with one attached hydrogen (secondary N) is 1. The normalized spacial score (nSPS) is 16.3. The molecule has 1 fully saturated rings. The fourth-order valence-electron chi connectivity index (χ4n) is 1.64. The summed E-state index contributed by atoms with van der Waals surface area (Å²) in [5, 5.41) is 2.77. The zero-order chi connectivity index (χ0) is 13.0. The molecule has 98 valence electrons. The Morgan fingerprint density at radius 2 is 2.22 bits per heavy atom. The fraction of sp³-hybridized carbons (Fsp3) is 0.462. The molecule has 1 aliphatic carbocycles. The molecule has 3 nitrogen and oxygen atoms in total. The molecule has 5 heteroatoms. The molecule has 0 aliphatic heterocycles. The van der Waals surface area contributed by atoms with Crippen molar-refractivity contribution in [3.8, 4) is 0 Å². The molecule has 1 atom stereocenters. The third-order valence-electron chi connectivity index (χ3n) is 2.79. The third-order valence-corrected chi connectivity index (χ3v) is 4.03. The van der Waals surface area contributed by atoms with E-state index in [9.17, 15) is 13.4 Å². The van der Waals surface area contributed by atoms with Crippen LogP contribution in [-0.2, 0) is 21.3 Å². The van der Waals surface area contributed by atoms with Crippen LogP contribution < -0.4 is 5.32 Å². The molecule has 1 aromatic rings. The number of amides is 1. The minimum atomic E-state index is -1.28. The lowest BCUT2D eigenvalue weighted by molar-refractivity contribution is -0.118. The highest BCUT2D eigenvalue weighted by atomic mass is 32.2. The highest BCUT2D eigenvalue weighted by Gasteiger charge is 2.21. The summed E-state index contributed by atoms with van der Waals surface area (Å²) in [5.74, 6) is 0.294. The van der Waals surface area contributed by atoms with E-state index in [0.29, 0.717) is 18.0 Å². The minimum Gasteiger partial charge on any atom is -0.355 e. The monoisotopic (exact) mass is 269 g/mol. The Morgan fingerprint density at radius 3 is 2.89 bits per heavy atom. The van der Waals surface area contributed by atoms with E-state index in [1.807, 2.05) is 0 Å². The van der Waals surface area contributed by atoms with Gasteiger partial charge in [-0.2, -0.15) is 0 Å². The second kappa shape index (κ2) is 6.09. The molecule has 1 saturated carbocycles. The Kier molecular flexibility index (Phi) is 4.47. The summed E-state index contributed by atoms with van der Waals surface area (Å²) in [4.78, 5) is 11.5. The zero-order valence-electron chi connectivity index (χ0n) is 10.0. The molecular weight excluding hydrogens is 253 g/mol. The second-order valence-corrected chi connectivity index (χ2v) is 6.06. The zero-order valence-corrected chi connectivity index (χ0v) is 10.8. The van der Waals surface area contributed by atoms with Crippen molar-refractivity contribution in [2.45, 2.75) is 18.6 Å². The maximum Gasteiger partial charge on any atom is 0.232 e. The van der Waals surface area contributed by atoms with Crippen molar-refractivity contribution in [3.63, 3.8) is 0 Å². The Bertz CT molecular complexity index is 460. The van der Waals surface area contributed by atoms with Gasteiger partial charge in [0.1, 0.15) is 11.6 Å². The predicted octanol–water partition coefficient (Wildman–Crippen LogP) is 1.60. The van der Waals surface area contributed by atoms with Crippen molar-refractivity contribution in [1.29, 1.82) is 0 Å². The molecule has 0 spiro atoms. The number of halogens is 1. The summed E-state index contributed by atoms with van der Waals surface area (Å²) in [5.41, 5.74) is 0.656. The van der Waals surface area contributed by atoms with Gasteiger partial charge in [0.15, 0.2) is 0 Å². The van der Waals surface area contributed by atoms with E-state index in [1.165, 1.54) is 25.0 Å². The van der Waals surface area contributed by atoms with Gasteiger partial charge in [0.05, 0.1) is 0 Å². The Balaban J connectivity index is 1.75. The first kappa shape index (κ1) is 13.2. The first-order valence-electron chi connectivity index (χ1n) is 5.99. The molecule has 0 saturated heterocycles. The first-order valence-corrected chi connectivity index (χ1v) is 7.48. The van der Waals surface area contributed by atoms with Crippen LogP contribution in [0.1, 0.15) is 18.4 Å². The smallest absolute Gasteiger partial charge is 0.232 e. The Hall–Kier alpha value is -1.23. The van der Waals surface area contributed by atoms with Crippen LogP contribution in [0.25, 0.3) is 0 Å². The van der Waals surface area contributed by atoms with Crippen molar-refractivity contribution in [1.82, 2.24) is 5.32 Å². The highest BCUT2D eigenvalue weighted by molar-refractivity contribution is 7.84. The lowest BCUT2D eigenvalue weighted by Crippen LogP contribution is -2.30. The summed E-state index contributed by atoms with van der Waals surface area (Å²) in [6, 6.07) is 5.98. The standard InChI is InChI=1S/C13H16FNO2S/c14-12-3-1-2-11(6-12)8-18(17)9-13(16)15-7-10-4-5-10/h1-3,6,10H,4-5,7-9H2,(H,15,16). The van der Waals surface area contributed by atoms with Crippen LogP contribution in [0.5, 0.6) is 0 Å². The van der Waals surface area contributed by atoms with Gasteiger partial charge in [-0.1, -0.05) is 12.1 Å². The van der Waals surface area contributed by atoms with Crippen LogP contribution in [0.4, 0.5) is 4.39 Å². The number of carbonyl (C=O) groups is 1. The SMILES string of the molecule is O=C(CS(=O)Cc1cccc(F)c1)NCC1CC1. The van der Waals surface area contributed by atoms with E-state index >= 15 is 0 Å². The Labute approximate surface area is 108 Å². The van der Waals surface area contributed by atoms with Crippen LogP contribution in [0.15, 0.2) is 24.3 Å². The lowest BCUT2D eigenvalue weighted by Gasteiger charge is -2.04. The molecule has 2 rings (SSSR count). The van der Waals surface area contributed by atoms with Gasteiger partial charge >= 0.3 is 0 Å². The topological polar surface area (TPSA) is 46.2 Å². The molecule has 18 heavy (non-hydrogen) atoms. The average molecular weight is 269 g/mol. The third kappa shape index (κ3) is 4.56. The van der Waals surface area contributed by atoms with Gasteiger partial charge in [-0.15, -0.1) is 0 Å². The van der Waals surface area contributed by atoms with E-state index in [2.05, 4.69) is 5.32 Å². The highest BCUT2D eigenvalue weighted by Crippen LogP contribution is 2.27. The summed E-state index contributed by atoms with van der Waals surface area (Å²) in [7, 11) is -1.28. The van der Waals surface area contributed by atoms with E-state index in [-0.39, 0.29) is 23.2 Å². The minimum absolute atomic E-state index is 0.0107. The van der Waals surface area contributed by atoms with Gasteiger partial charge in [0, 0.05) is 23.1 Å². The van der Waals surface area contributed by atoms with Crippen molar-refractivity contribution < 1.29 is 13.4 Å². The fourth-order valence-corrected chi connectivity index (χ4v) is 2.69. The summed E-state index contributed by atoms with van der Waals surface area (Å²) < 4.78 is 24.6. The average Bonchev–Trinajstić information content (AvgIpc) is 3.09. The summed E-state index contributed by atoms with van der Waals surface area (Å²) in [6.07, 6.45) is 2.35. The molecule has 1 amide bonds. The van der Waals surface area contributed by atoms with Crippen LogP contribution >= 0.6 is 0 Å². The van der Waals surface area contributed by atoms with Crippen molar-refractivity contribution in [2.75, 3.05) is 12.3 Å². The maximum atomic E-state index is 12.9. The van der Waals surface area contributed by atoms with Crippen molar-refractivity contribution in [3.05, 3.63) is 35.6 Å². The van der Waals surface area contributed by atoms with Crippen molar-refractivity contribution in [2.24, 2.45) is 5.92 Å². The van der Waals surface area contributed by atoms with Gasteiger partial charge in [0.25, 0.3) is 0 Å². The molecule has 0 aromatic heterocycles. The predicted molar refractivity (Wildman–Crippen MR) is 68.8 cm³/mol. The quantitative estimate of drug-likeness (QED) is 0.852. The van der Waals surface area contributed by atoms with E-state index in [1.54, 1.807) is 12.1 Å². The molecule has 0 radical (unpaired) electrons. The lowest BCUT2D eigenvalue weighted by atomic mass is 10.2. The maximum absolute atomic E-state index is 12.9. The van der Waals surface area contributed by atoms with Gasteiger partial charge in [0.2, 0.25) is 5.91 Å². The van der Waals surface area contributed by atoms with Crippen LogP contribution in [-0.4, -0.2) is 22.4 Å². The molecule has 1 aliphatic rings. The van der Waals surface area contributed by atoms with E-state index in [0.717, 1.165) is 0 Å².